The highest BCUT2D eigenvalue weighted by Gasteiger charge is 2.32. The minimum absolute atomic E-state index is 0.0559. The number of Topliss-reactive ketones (excluding diaryl/α,β-unsaturated/α-hetero) is 1. The maximum Gasteiger partial charge on any atom is 0.150 e. The van der Waals surface area contributed by atoms with Crippen LogP contribution in [0.15, 0.2) is 0 Å². The third kappa shape index (κ3) is 4.69. The van der Waals surface area contributed by atoms with Gasteiger partial charge in [0.25, 0.3) is 0 Å². The van der Waals surface area contributed by atoms with Gasteiger partial charge in [-0.2, -0.15) is 0 Å². The van der Waals surface area contributed by atoms with Crippen molar-refractivity contribution in [2.45, 2.75) is 57.2 Å². The molecule has 0 spiro atoms. The van der Waals surface area contributed by atoms with E-state index in [1.807, 2.05) is 13.8 Å². The number of nitrogens with one attached hydrogen (secondary N) is 1. The van der Waals surface area contributed by atoms with Crippen LogP contribution in [0.3, 0.4) is 0 Å². The number of hydrogen-bond acceptors (Lipinski definition) is 4. The summed E-state index contributed by atoms with van der Waals surface area (Å²) < 4.78 is 23.1. The van der Waals surface area contributed by atoms with E-state index in [-0.39, 0.29) is 23.0 Å². The summed E-state index contributed by atoms with van der Waals surface area (Å²) in [6.45, 7) is 4.87. The summed E-state index contributed by atoms with van der Waals surface area (Å²) in [5.41, 5.74) is 0. The monoisotopic (exact) mass is 275 g/mol. The molecular formula is C13H25NO3S. The first-order valence-corrected chi connectivity index (χ1v) is 8.75. The molecule has 1 fully saturated rings. The van der Waals surface area contributed by atoms with E-state index in [1.54, 1.807) is 0 Å². The van der Waals surface area contributed by atoms with E-state index >= 15 is 0 Å². The van der Waals surface area contributed by atoms with Crippen LogP contribution >= 0.6 is 0 Å². The van der Waals surface area contributed by atoms with Crippen molar-refractivity contribution in [2.75, 3.05) is 12.8 Å². The van der Waals surface area contributed by atoms with Crippen LogP contribution in [-0.2, 0) is 14.6 Å². The Morgan fingerprint density at radius 2 is 2.06 bits per heavy atom. The van der Waals surface area contributed by atoms with Crippen molar-refractivity contribution in [1.29, 1.82) is 0 Å². The number of ketones is 1. The van der Waals surface area contributed by atoms with Gasteiger partial charge in [0.15, 0.2) is 0 Å². The molecule has 18 heavy (non-hydrogen) atoms. The molecule has 0 aromatic heterocycles. The van der Waals surface area contributed by atoms with Crippen LogP contribution in [0, 0.1) is 5.92 Å². The molecule has 1 N–H and O–H groups in total. The number of carbonyl (C=O) groups excluding carboxylic acids is 1. The van der Waals surface area contributed by atoms with Crippen molar-refractivity contribution in [1.82, 2.24) is 5.32 Å². The Hall–Kier alpha value is -0.420. The van der Waals surface area contributed by atoms with Gasteiger partial charge >= 0.3 is 0 Å². The lowest BCUT2D eigenvalue weighted by Gasteiger charge is -2.27. The molecule has 5 heteroatoms. The average Bonchev–Trinajstić information content (AvgIpc) is 2.28. The molecule has 4 nitrogen and oxygen atoms in total. The molecule has 0 amide bonds. The van der Waals surface area contributed by atoms with Gasteiger partial charge in [-0.25, -0.2) is 8.42 Å². The van der Waals surface area contributed by atoms with E-state index in [2.05, 4.69) is 5.32 Å². The summed E-state index contributed by atoms with van der Waals surface area (Å²) in [4.78, 5) is 12.1. The second-order valence-electron chi connectivity index (χ2n) is 5.44. The van der Waals surface area contributed by atoms with Crippen molar-refractivity contribution in [3.8, 4) is 0 Å². The topological polar surface area (TPSA) is 63.2 Å². The molecule has 0 bridgehead atoms. The number of rotatable bonds is 6. The van der Waals surface area contributed by atoms with Crippen LogP contribution in [0.2, 0.25) is 0 Å². The number of hydrogen-bond donors (Lipinski definition) is 1. The van der Waals surface area contributed by atoms with Gasteiger partial charge in [0.05, 0.1) is 5.25 Å². The van der Waals surface area contributed by atoms with E-state index in [0.717, 1.165) is 19.4 Å². The minimum Gasteiger partial charge on any atom is -0.314 e. The Morgan fingerprint density at radius 3 is 2.61 bits per heavy atom. The molecular weight excluding hydrogens is 250 g/mol. The van der Waals surface area contributed by atoms with E-state index in [4.69, 9.17) is 0 Å². The lowest BCUT2D eigenvalue weighted by Crippen LogP contribution is -2.34. The number of carbonyl (C=O) groups is 1. The highest BCUT2D eigenvalue weighted by atomic mass is 32.2. The standard InChI is InChI=1S/C13H25NO3S/c1-4-14-10(2)8-13(15)11-6-5-7-12(9-11)18(3,16)17/h10-12,14H,4-9H2,1-3H3. The van der Waals surface area contributed by atoms with Gasteiger partial charge in [-0.1, -0.05) is 13.3 Å². The molecule has 1 saturated carbocycles. The molecule has 0 radical (unpaired) electrons. The highest BCUT2D eigenvalue weighted by Crippen LogP contribution is 2.29. The average molecular weight is 275 g/mol. The van der Waals surface area contributed by atoms with Gasteiger partial charge in [0, 0.05) is 24.6 Å². The predicted molar refractivity (Wildman–Crippen MR) is 73.4 cm³/mol. The Morgan fingerprint density at radius 1 is 1.39 bits per heavy atom. The van der Waals surface area contributed by atoms with Crippen LogP contribution in [0.5, 0.6) is 0 Å². The summed E-state index contributed by atoms with van der Waals surface area (Å²) in [5, 5.41) is 2.91. The third-order valence-electron chi connectivity index (χ3n) is 3.75. The molecule has 1 aliphatic rings. The molecule has 1 aliphatic carbocycles. The van der Waals surface area contributed by atoms with Crippen molar-refractivity contribution < 1.29 is 13.2 Å². The van der Waals surface area contributed by atoms with E-state index < -0.39 is 9.84 Å². The molecule has 0 aromatic carbocycles. The zero-order valence-electron chi connectivity index (χ0n) is 11.6. The first kappa shape index (κ1) is 15.6. The normalized spacial score (nSPS) is 26.8. The summed E-state index contributed by atoms with van der Waals surface area (Å²) >= 11 is 0. The van der Waals surface area contributed by atoms with E-state index in [9.17, 15) is 13.2 Å². The van der Waals surface area contributed by atoms with Crippen molar-refractivity contribution in [3.05, 3.63) is 0 Å². The summed E-state index contributed by atoms with van der Waals surface area (Å²) in [6.07, 6.45) is 4.73. The van der Waals surface area contributed by atoms with Gasteiger partial charge in [-0.15, -0.1) is 0 Å². The second-order valence-corrected chi connectivity index (χ2v) is 7.77. The molecule has 0 aliphatic heterocycles. The zero-order valence-corrected chi connectivity index (χ0v) is 12.4. The summed E-state index contributed by atoms with van der Waals surface area (Å²) in [7, 11) is -3.00. The molecule has 3 unspecified atom stereocenters. The van der Waals surface area contributed by atoms with Crippen LogP contribution in [0.1, 0.15) is 46.0 Å². The quantitative estimate of drug-likeness (QED) is 0.799. The SMILES string of the molecule is CCNC(C)CC(=O)C1CCCC(S(C)(=O)=O)C1. The van der Waals surface area contributed by atoms with Crippen molar-refractivity contribution in [2.24, 2.45) is 5.92 Å². The third-order valence-corrected chi connectivity index (χ3v) is 5.39. The second kappa shape index (κ2) is 6.66. The Bertz CT molecular complexity index is 378. The van der Waals surface area contributed by atoms with Gasteiger partial charge in [-0.3, -0.25) is 4.79 Å². The fraction of sp³-hybridized carbons (Fsp3) is 0.923. The fourth-order valence-corrected chi connectivity index (χ4v) is 3.89. The highest BCUT2D eigenvalue weighted by molar-refractivity contribution is 7.91. The van der Waals surface area contributed by atoms with Gasteiger partial charge in [-0.05, 0) is 32.7 Å². The largest absolute Gasteiger partial charge is 0.314 e. The predicted octanol–water partition coefficient (Wildman–Crippen LogP) is 1.55. The van der Waals surface area contributed by atoms with Gasteiger partial charge in [0.1, 0.15) is 15.6 Å². The lowest BCUT2D eigenvalue weighted by molar-refractivity contribution is -0.124. The fourth-order valence-electron chi connectivity index (χ4n) is 2.72. The molecule has 0 heterocycles. The Kier molecular flexibility index (Phi) is 5.79. The summed E-state index contributed by atoms with van der Waals surface area (Å²) in [6, 6.07) is 0.182. The first-order chi connectivity index (χ1) is 8.34. The lowest BCUT2D eigenvalue weighted by atomic mass is 9.84. The van der Waals surface area contributed by atoms with Gasteiger partial charge < -0.3 is 5.32 Å². The Balaban J connectivity index is 2.53. The van der Waals surface area contributed by atoms with Gasteiger partial charge in [0.2, 0.25) is 0 Å². The van der Waals surface area contributed by atoms with E-state index in [1.165, 1.54) is 6.26 Å². The summed E-state index contributed by atoms with van der Waals surface area (Å²) in [5.74, 6) is 0.163. The van der Waals surface area contributed by atoms with Crippen LogP contribution in [-0.4, -0.2) is 38.3 Å². The maximum atomic E-state index is 12.1. The van der Waals surface area contributed by atoms with E-state index in [0.29, 0.717) is 19.3 Å². The van der Waals surface area contributed by atoms with Crippen molar-refractivity contribution >= 4 is 15.6 Å². The molecule has 106 valence electrons. The molecule has 0 saturated heterocycles. The smallest absolute Gasteiger partial charge is 0.150 e. The van der Waals surface area contributed by atoms with Crippen molar-refractivity contribution in [3.63, 3.8) is 0 Å². The minimum atomic E-state index is -3.00. The zero-order chi connectivity index (χ0) is 13.8. The molecule has 0 aromatic rings. The van der Waals surface area contributed by atoms with Crippen LogP contribution in [0.25, 0.3) is 0 Å². The molecule has 3 atom stereocenters. The maximum absolute atomic E-state index is 12.1. The van der Waals surface area contributed by atoms with Crippen LogP contribution < -0.4 is 5.32 Å². The molecule has 1 rings (SSSR count). The van der Waals surface area contributed by atoms with Crippen LogP contribution in [0.4, 0.5) is 0 Å². The Labute approximate surface area is 110 Å². The first-order valence-electron chi connectivity index (χ1n) is 6.79. The number of sulfone groups is 1.